The second-order valence-corrected chi connectivity index (χ2v) is 7.89. The van der Waals surface area contributed by atoms with E-state index in [1.54, 1.807) is 13.8 Å². The molecule has 12 nitrogen and oxygen atoms in total. The molecule has 0 spiro atoms. The molecule has 0 heterocycles. The molecule has 0 aromatic rings. The van der Waals surface area contributed by atoms with Crippen molar-refractivity contribution in [1.82, 2.24) is 16.0 Å². The summed E-state index contributed by atoms with van der Waals surface area (Å²) in [5, 5.41) is 16.5. The van der Waals surface area contributed by atoms with Crippen LogP contribution >= 0.6 is 0 Å². The van der Waals surface area contributed by atoms with Gasteiger partial charge in [-0.05, 0) is 45.1 Å². The molecule has 31 heavy (non-hydrogen) atoms. The summed E-state index contributed by atoms with van der Waals surface area (Å²) in [5.74, 6) is -4.27. The van der Waals surface area contributed by atoms with Crippen LogP contribution in [0.5, 0.6) is 0 Å². The van der Waals surface area contributed by atoms with Gasteiger partial charge in [0, 0.05) is 0 Å². The Morgan fingerprint density at radius 3 is 1.81 bits per heavy atom. The quantitative estimate of drug-likeness (QED) is 0.139. The fourth-order valence-electron chi connectivity index (χ4n) is 2.71. The maximum atomic E-state index is 12.7. The lowest BCUT2D eigenvalue weighted by molar-refractivity contribution is -0.143. The van der Waals surface area contributed by atoms with E-state index in [1.807, 2.05) is 0 Å². The molecule has 0 aliphatic carbocycles. The zero-order chi connectivity index (χ0) is 24.1. The van der Waals surface area contributed by atoms with Crippen molar-refractivity contribution in [3.8, 4) is 0 Å². The SMILES string of the molecule is CC(C)CC(NC(=O)C(CC(N)=O)NC(=O)C(CCCCN)NC(=O)C(C)N)C(=O)O. The number of carboxylic acid groups (broad SMARTS) is 1. The number of rotatable bonds is 15. The third-order valence-corrected chi connectivity index (χ3v) is 4.35. The smallest absolute Gasteiger partial charge is 0.326 e. The van der Waals surface area contributed by atoms with Gasteiger partial charge in [0.25, 0.3) is 0 Å². The van der Waals surface area contributed by atoms with E-state index >= 15 is 0 Å². The summed E-state index contributed by atoms with van der Waals surface area (Å²) >= 11 is 0. The van der Waals surface area contributed by atoms with E-state index in [4.69, 9.17) is 17.2 Å². The summed E-state index contributed by atoms with van der Waals surface area (Å²) < 4.78 is 0. The van der Waals surface area contributed by atoms with Crippen molar-refractivity contribution >= 4 is 29.6 Å². The molecule has 0 fully saturated rings. The number of carboxylic acids is 1. The highest BCUT2D eigenvalue weighted by Crippen LogP contribution is 2.07. The van der Waals surface area contributed by atoms with Crippen LogP contribution in [0.15, 0.2) is 0 Å². The van der Waals surface area contributed by atoms with E-state index < -0.39 is 60.2 Å². The molecule has 178 valence electrons. The number of carbonyl (C=O) groups excluding carboxylic acids is 4. The van der Waals surface area contributed by atoms with Gasteiger partial charge in [-0.2, -0.15) is 0 Å². The Balaban J connectivity index is 5.42. The zero-order valence-electron chi connectivity index (χ0n) is 18.3. The minimum Gasteiger partial charge on any atom is -0.480 e. The van der Waals surface area contributed by atoms with Gasteiger partial charge in [0.05, 0.1) is 12.5 Å². The zero-order valence-corrected chi connectivity index (χ0v) is 18.3. The van der Waals surface area contributed by atoms with Crippen molar-refractivity contribution < 1.29 is 29.1 Å². The van der Waals surface area contributed by atoms with Gasteiger partial charge >= 0.3 is 5.97 Å². The molecule has 10 N–H and O–H groups in total. The summed E-state index contributed by atoms with van der Waals surface area (Å²) in [5.41, 5.74) is 16.2. The molecular weight excluding hydrogens is 408 g/mol. The fourth-order valence-corrected chi connectivity index (χ4v) is 2.71. The summed E-state index contributed by atoms with van der Waals surface area (Å²) in [4.78, 5) is 60.1. The van der Waals surface area contributed by atoms with E-state index in [1.165, 1.54) is 6.92 Å². The lowest BCUT2D eigenvalue weighted by atomic mass is 10.0. The van der Waals surface area contributed by atoms with Gasteiger partial charge in [0.15, 0.2) is 0 Å². The Hall–Kier alpha value is -2.73. The first-order valence-corrected chi connectivity index (χ1v) is 10.3. The largest absolute Gasteiger partial charge is 0.480 e. The van der Waals surface area contributed by atoms with Gasteiger partial charge in [-0.15, -0.1) is 0 Å². The third-order valence-electron chi connectivity index (χ3n) is 4.35. The maximum absolute atomic E-state index is 12.7. The van der Waals surface area contributed by atoms with Crippen LogP contribution in [0.2, 0.25) is 0 Å². The van der Waals surface area contributed by atoms with Gasteiger partial charge in [-0.3, -0.25) is 19.2 Å². The van der Waals surface area contributed by atoms with Gasteiger partial charge in [-0.1, -0.05) is 13.8 Å². The van der Waals surface area contributed by atoms with Gasteiger partial charge in [0.2, 0.25) is 23.6 Å². The molecule has 0 aromatic carbocycles. The standard InChI is InChI=1S/C19H36N6O6/c1-10(2)8-14(19(30)31)25-18(29)13(9-15(22)26)24-17(28)12(6-4-5-7-20)23-16(27)11(3)21/h10-14H,4-9,20-21H2,1-3H3,(H2,22,26)(H,23,27)(H,24,28)(H,25,29)(H,30,31). The molecule has 4 unspecified atom stereocenters. The highest BCUT2D eigenvalue weighted by molar-refractivity contribution is 5.96. The maximum Gasteiger partial charge on any atom is 0.326 e. The first-order valence-electron chi connectivity index (χ1n) is 10.3. The van der Waals surface area contributed by atoms with Crippen LogP contribution in [0.25, 0.3) is 0 Å². The minimum atomic E-state index is -1.40. The summed E-state index contributed by atoms with van der Waals surface area (Å²) in [6.07, 6.45) is 0.985. The number of hydrogen-bond donors (Lipinski definition) is 7. The topological polar surface area (TPSA) is 220 Å². The lowest BCUT2D eigenvalue weighted by Crippen LogP contribution is -2.57. The molecule has 0 radical (unpaired) electrons. The molecule has 0 aliphatic rings. The second kappa shape index (κ2) is 14.3. The third kappa shape index (κ3) is 11.9. The minimum absolute atomic E-state index is 0.0222. The monoisotopic (exact) mass is 444 g/mol. The van der Waals surface area contributed by atoms with Crippen LogP contribution in [-0.2, 0) is 24.0 Å². The molecular formula is C19H36N6O6. The number of unbranched alkanes of at least 4 members (excludes halogenated alkanes) is 1. The molecule has 0 aliphatic heterocycles. The molecule has 0 rings (SSSR count). The summed E-state index contributed by atoms with van der Waals surface area (Å²) in [6, 6.07) is -4.47. The van der Waals surface area contributed by atoms with Gasteiger partial charge in [-0.25, -0.2) is 4.79 Å². The number of nitrogens with two attached hydrogens (primary N) is 3. The molecule has 4 atom stereocenters. The van der Waals surface area contributed by atoms with E-state index in [2.05, 4.69) is 16.0 Å². The molecule has 0 aromatic heterocycles. The van der Waals surface area contributed by atoms with E-state index in [9.17, 15) is 29.1 Å². The highest BCUT2D eigenvalue weighted by Gasteiger charge is 2.31. The number of amides is 4. The van der Waals surface area contributed by atoms with Gasteiger partial charge < -0.3 is 38.3 Å². The van der Waals surface area contributed by atoms with Crippen LogP contribution in [0.4, 0.5) is 0 Å². The van der Waals surface area contributed by atoms with Crippen molar-refractivity contribution in [2.75, 3.05) is 6.54 Å². The average molecular weight is 445 g/mol. The normalized spacial score (nSPS) is 14.8. The molecule has 12 heteroatoms. The van der Waals surface area contributed by atoms with Crippen LogP contribution in [0.3, 0.4) is 0 Å². The van der Waals surface area contributed by atoms with E-state index in [-0.39, 0.29) is 18.8 Å². The number of aliphatic carboxylic acids is 1. The van der Waals surface area contributed by atoms with Crippen molar-refractivity contribution in [1.29, 1.82) is 0 Å². The predicted octanol–water partition coefficient (Wildman–Crippen LogP) is -2.08. The van der Waals surface area contributed by atoms with Crippen molar-refractivity contribution in [3.63, 3.8) is 0 Å². The Morgan fingerprint density at radius 1 is 0.839 bits per heavy atom. The summed E-state index contributed by atoms with van der Waals surface area (Å²) in [7, 11) is 0. The van der Waals surface area contributed by atoms with E-state index in [0.29, 0.717) is 19.4 Å². The number of hydrogen-bond acceptors (Lipinski definition) is 7. The Labute approximate surface area is 182 Å². The van der Waals surface area contributed by atoms with Gasteiger partial charge in [0.1, 0.15) is 18.1 Å². The molecule has 0 saturated heterocycles. The fraction of sp³-hybridized carbons (Fsp3) is 0.737. The van der Waals surface area contributed by atoms with Crippen LogP contribution < -0.4 is 33.2 Å². The Kier molecular flexibility index (Phi) is 13.0. The number of nitrogens with one attached hydrogen (secondary N) is 3. The Bertz CT molecular complexity index is 639. The van der Waals surface area contributed by atoms with Crippen molar-refractivity contribution in [3.05, 3.63) is 0 Å². The molecule has 0 saturated carbocycles. The predicted molar refractivity (Wildman–Crippen MR) is 113 cm³/mol. The van der Waals surface area contributed by atoms with Crippen LogP contribution in [0, 0.1) is 5.92 Å². The second-order valence-electron chi connectivity index (χ2n) is 7.89. The lowest BCUT2D eigenvalue weighted by Gasteiger charge is -2.25. The molecule has 0 bridgehead atoms. The Morgan fingerprint density at radius 2 is 1.35 bits per heavy atom. The van der Waals surface area contributed by atoms with Crippen molar-refractivity contribution in [2.45, 2.75) is 77.0 Å². The van der Waals surface area contributed by atoms with Crippen LogP contribution in [0.1, 0.15) is 52.9 Å². The highest BCUT2D eigenvalue weighted by atomic mass is 16.4. The van der Waals surface area contributed by atoms with Crippen LogP contribution in [-0.4, -0.2) is 65.4 Å². The van der Waals surface area contributed by atoms with Crippen molar-refractivity contribution in [2.24, 2.45) is 23.1 Å². The number of primary amides is 1. The summed E-state index contributed by atoms with van der Waals surface area (Å²) in [6.45, 7) is 5.43. The van der Waals surface area contributed by atoms with E-state index in [0.717, 1.165) is 0 Å². The first kappa shape index (κ1) is 28.3. The first-order chi connectivity index (χ1) is 14.4. The molecule has 4 amide bonds. The number of carbonyl (C=O) groups is 5. The average Bonchev–Trinajstić information content (AvgIpc) is 2.64.